The van der Waals surface area contributed by atoms with Crippen molar-refractivity contribution in [3.63, 3.8) is 0 Å². The van der Waals surface area contributed by atoms with Crippen LogP contribution in [0.2, 0.25) is 5.02 Å². The fourth-order valence-corrected chi connectivity index (χ4v) is 3.65. The van der Waals surface area contributed by atoms with Gasteiger partial charge < -0.3 is 15.0 Å². The van der Waals surface area contributed by atoms with Gasteiger partial charge >= 0.3 is 6.18 Å². The van der Waals surface area contributed by atoms with Crippen molar-refractivity contribution in [3.8, 4) is 0 Å². The Hall–Kier alpha value is -3.11. The van der Waals surface area contributed by atoms with Crippen molar-refractivity contribution < 1.29 is 22.7 Å². The summed E-state index contributed by atoms with van der Waals surface area (Å²) in [5.41, 5.74) is -0.486. The minimum absolute atomic E-state index is 0.0107. The Kier molecular flexibility index (Phi) is 6.07. The molecule has 0 spiro atoms. The molecule has 1 aliphatic heterocycles. The monoisotopic (exact) mass is 466 g/mol. The van der Waals surface area contributed by atoms with Gasteiger partial charge in [-0.15, -0.1) is 0 Å². The van der Waals surface area contributed by atoms with Crippen LogP contribution in [-0.2, 0) is 22.3 Å². The van der Waals surface area contributed by atoms with E-state index < -0.39 is 29.8 Å². The molecule has 1 N–H and O–H groups in total. The molecule has 7 nitrogen and oxygen atoms in total. The quantitative estimate of drug-likeness (QED) is 0.636. The first-order valence-corrected chi connectivity index (χ1v) is 10.1. The van der Waals surface area contributed by atoms with E-state index in [9.17, 15) is 22.8 Å². The zero-order valence-corrected chi connectivity index (χ0v) is 17.4. The van der Waals surface area contributed by atoms with Crippen molar-refractivity contribution >= 4 is 39.8 Å². The maximum atomic E-state index is 13.2. The Morgan fingerprint density at radius 3 is 2.62 bits per heavy atom. The second-order valence-electron chi connectivity index (χ2n) is 7.22. The van der Waals surface area contributed by atoms with Gasteiger partial charge in [0, 0.05) is 18.1 Å². The number of carbonyl (C=O) groups is 1. The third kappa shape index (κ3) is 4.71. The molecule has 0 aliphatic carbocycles. The summed E-state index contributed by atoms with van der Waals surface area (Å²) >= 11 is 5.94. The topological polar surface area (TPSA) is 76.5 Å². The van der Waals surface area contributed by atoms with Crippen LogP contribution in [-0.4, -0.2) is 41.8 Å². The van der Waals surface area contributed by atoms with Crippen molar-refractivity contribution in [3.05, 3.63) is 63.7 Å². The number of rotatable bonds is 4. The van der Waals surface area contributed by atoms with Crippen LogP contribution in [0.1, 0.15) is 5.56 Å². The lowest BCUT2D eigenvalue weighted by Gasteiger charge is -2.31. The maximum Gasteiger partial charge on any atom is 0.416 e. The Morgan fingerprint density at radius 2 is 1.91 bits per heavy atom. The number of fused-ring (bicyclic) bond motifs is 1. The van der Waals surface area contributed by atoms with Crippen molar-refractivity contribution in [1.82, 2.24) is 9.55 Å². The fraction of sp³-hybridized carbons (Fsp3) is 0.286. The Bertz CT molecular complexity index is 1220. The van der Waals surface area contributed by atoms with Gasteiger partial charge in [-0.3, -0.25) is 14.2 Å². The molecule has 4 rings (SSSR count). The van der Waals surface area contributed by atoms with Crippen LogP contribution in [0.5, 0.6) is 0 Å². The molecule has 2 aromatic carbocycles. The lowest BCUT2D eigenvalue weighted by Crippen LogP contribution is -2.37. The van der Waals surface area contributed by atoms with Crippen LogP contribution in [0.15, 0.2) is 47.5 Å². The van der Waals surface area contributed by atoms with E-state index >= 15 is 0 Å². The number of hydrogen-bond donors (Lipinski definition) is 1. The van der Waals surface area contributed by atoms with Gasteiger partial charge in [0.15, 0.2) is 0 Å². The summed E-state index contributed by atoms with van der Waals surface area (Å²) in [5.74, 6) is -0.663. The normalized spacial score (nSPS) is 14.6. The predicted molar refractivity (Wildman–Crippen MR) is 114 cm³/mol. The molecule has 168 valence electrons. The van der Waals surface area contributed by atoms with E-state index in [1.54, 1.807) is 12.1 Å². The first-order chi connectivity index (χ1) is 15.2. The number of morpholine rings is 1. The van der Waals surface area contributed by atoms with Gasteiger partial charge in [0.2, 0.25) is 5.91 Å². The second kappa shape index (κ2) is 8.79. The number of carbonyl (C=O) groups excluding carboxylic acids is 1. The van der Waals surface area contributed by atoms with E-state index in [0.717, 1.165) is 16.7 Å². The standard InChI is InChI=1S/C21H18ClF3N4O3/c22-14-2-3-16-15(10-14)20(31)29(12-26-16)11-19(30)27-17-9-13(21(23,24)25)1-4-18(17)28-5-7-32-8-6-28/h1-4,9-10,12H,5-8,11H2,(H,27,30). The highest BCUT2D eigenvalue weighted by Gasteiger charge is 2.32. The molecule has 0 saturated carbocycles. The van der Waals surface area contributed by atoms with Crippen LogP contribution in [0.4, 0.5) is 24.5 Å². The largest absolute Gasteiger partial charge is 0.416 e. The Labute approximate surface area is 185 Å². The van der Waals surface area contributed by atoms with Gasteiger partial charge in [-0.25, -0.2) is 4.98 Å². The van der Waals surface area contributed by atoms with E-state index in [-0.39, 0.29) is 11.1 Å². The fourth-order valence-electron chi connectivity index (χ4n) is 3.48. The molecule has 1 aliphatic rings. The second-order valence-corrected chi connectivity index (χ2v) is 7.65. The molecule has 1 amide bonds. The van der Waals surface area contributed by atoms with Crippen LogP contribution in [0.3, 0.4) is 0 Å². The SMILES string of the molecule is O=C(Cn1cnc2ccc(Cl)cc2c1=O)Nc1cc(C(F)(F)F)ccc1N1CCOCC1. The van der Waals surface area contributed by atoms with Gasteiger partial charge in [0.25, 0.3) is 5.56 Å². The number of nitrogens with one attached hydrogen (secondary N) is 1. The number of hydrogen-bond acceptors (Lipinski definition) is 5. The van der Waals surface area contributed by atoms with Crippen molar-refractivity contribution in [2.24, 2.45) is 0 Å². The van der Waals surface area contributed by atoms with Crippen LogP contribution < -0.4 is 15.8 Å². The van der Waals surface area contributed by atoms with E-state index in [1.807, 2.05) is 4.90 Å². The molecule has 0 radical (unpaired) electrons. The van der Waals surface area contributed by atoms with Gasteiger partial charge in [-0.05, 0) is 36.4 Å². The average molecular weight is 467 g/mol. The van der Waals surface area contributed by atoms with Crippen molar-refractivity contribution in [1.29, 1.82) is 0 Å². The molecule has 0 unspecified atom stereocenters. The highest BCUT2D eigenvalue weighted by molar-refractivity contribution is 6.31. The van der Waals surface area contributed by atoms with Gasteiger partial charge in [-0.2, -0.15) is 13.2 Å². The first kappa shape index (κ1) is 22.1. The first-order valence-electron chi connectivity index (χ1n) is 9.71. The van der Waals surface area contributed by atoms with Gasteiger partial charge in [0.1, 0.15) is 6.54 Å². The molecule has 1 aromatic heterocycles. The predicted octanol–water partition coefficient (Wildman–Crippen LogP) is 3.54. The molecular weight excluding hydrogens is 449 g/mol. The minimum atomic E-state index is -4.57. The third-order valence-corrected chi connectivity index (χ3v) is 5.28. The number of benzene rings is 2. The van der Waals surface area contributed by atoms with Crippen molar-refractivity contribution in [2.75, 3.05) is 36.5 Å². The summed E-state index contributed by atoms with van der Waals surface area (Å²) in [6.07, 6.45) is -3.35. The number of aromatic nitrogens is 2. The molecule has 0 atom stereocenters. The summed E-state index contributed by atoms with van der Waals surface area (Å²) in [4.78, 5) is 31.3. The number of alkyl halides is 3. The lowest BCUT2D eigenvalue weighted by atomic mass is 10.1. The van der Waals surface area contributed by atoms with E-state index in [1.165, 1.54) is 18.5 Å². The molecule has 3 aromatic rings. The zero-order chi connectivity index (χ0) is 22.9. The minimum Gasteiger partial charge on any atom is -0.378 e. The molecule has 1 fully saturated rings. The Balaban J connectivity index is 1.62. The highest BCUT2D eigenvalue weighted by Crippen LogP contribution is 2.35. The molecule has 1 saturated heterocycles. The van der Waals surface area contributed by atoms with Crippen LogP contribution >= 0.6 is 11.6 Å². The summed E-state index contributed by atoms with van der Waals surface area (Å²) in [5, 5.41) is 3.10. The van der Waals surface area contributed by atoms with Crippen molar-refractivity contribution in [2.45, 2.75) is 12.7 Å². The van der Waals surface area contributed by atoms with Crippen LogP contribution in [0, 0.1) is 0 Å². The number of halogens is 4. The Morgan fingerprint density at radius 1 is 1.16 bits per heavy atom. The van der Waals surface area contributed by atoms with E-state index in [2.05, 4.69) is 10.3 Å². The van der Waals surface area contributed by atoms with Crippen LogP contribution in [0.25, 0.3) is 10.9 Å². The highest BCUT2D eigenvalue weighted by atomic mass is 35.5. The molecule has 32 heavy (non-hydrogen) atoms. The zero-order valence-electron chi connectivity index (χ0n) is 16.7. The molecule has 11 heteroatoms. The molecule has 0 bridgehead atoms. The maximum absolute atomic E-state index is 13.2. The number of anilines is 2. The summed E-state index contributed by atoms with van der Waals surface area (Å²) < 4.78 is 46.1. The lowest BCUT2D eigenvalue weighted by molar-refractivity contribution is -0.137. The number of amides is 1. The average Bonchev–Trinajstić information content (AvgIpc) is 2.76. The smallest absolute Gasteiger partial charge is 0.378 e. The third-order valence-electron chi connectivity index (χ3n) is 5.05. The number of ether oxygens (including phenoxy) is 1. The van der Waals surface area contributed by atoms with Gasteiger partial charge in [0.05, 0.1) is 47.4 Å². The van der Waals surface area contributed by atoms with E-state index in [4.69, 9.17) is 16.3 Å². The van der Waals surface area contributed by atoms with E-state index in [0.29, 0.717) is 42.5 Å². The summed E-state index contributed by atoms with van der Waals surface area (Å²) in [6.45, 7) is 1.38. The number of nitrogens with zero attached hydrogens (tertiary/aromatic N) is 3. The summed E-state index contributed by atoms with van der Waals surface area (Å²) in [6, 6.07) is 7.82. The molecule has 2 heterocycles. The van der Waals surface area contributed by atoms with Gasteiger partial charge in [-0.1, -0.05) is 11.6 Å². The molecular formula is C21H18ClF3N4O3. The summed E-state index contributed by atoms with van der Waals surface area (Å²) in [7, 11) is 0.